The molecule has 2 aromatic rings. The van der Waals surface area contributed by atoms with E-state index in [-0.39, 0.29) is 36.0 Å². The number of carbonyl (C=O) groups excluding carboxylic acids is 4. The van der Waals surface area contributed by atoms with E-state index in [1.807, 2.05) is 0 Å². The fourth-order valence-corrected chi connectivity index (χ4v) is 2.28. The summed E-state index contributed by atoms with van der Waals surface area (Å²) in [5.74, 6) is -1.02. The molecule has 184 valence electrons. The zero-order chi connectivity index (χ0) is 26.1. The highest BCUT2D eigenvalue weighted by molar-refractivity contribution is 5.91. The van der Waals surface area contributed by atoms with Crippen LogP contribution in [0.4, 0.5) is 4.79 Å². The van der Waals surface area contributed by atoms with Gasteiger partial charge in [-0.2, -0.15) is 0 Å². The van der Waals surface area contributed by atoms with Crippen LogP contribution in [-0.4, -0.2) is 37.3 Å². The Hall–Kier alpha value is -4.66. The molecule has 0 aliphatic rings. The summed E-state index contributed by atoms with van der Waals surface area (Å²) in [6.07, 6.45) is 2.22. The second-order valence-corrected chi connectivity index (χ2v) is 6.29. The Morgan fingerprint density at radius 2 is 1.09 bits per heavy atom. The zero-order valence-electron chi connectivity index (χ0n) is 19.1. The summed E-state index contributed by atoms with van der Waals surface area (Å²) in [5, 5.41) is 0. The van der Waals surface area contributed by atoms with Crippen molar-refractivity contribution in [1.82, 2.24) is 0 Å². The Bertz CT molecular complexity index is 1010. The second-order valence-electron chi connectivity index (χ2n) is 6.29. The molecule has 0 atom stereocenters. The van der Waals surface area contributed by atoms with Crippen LogP contribution in [0.25, 0.3) is 0 Å². The van der Waals surface area contributed by atoms with Gasteiger partial charge in [0, 0.05) is 12.2 Å². The van der Waals surface area contributed by atoms with Gasteiger partial charge in [-0.15, -0.1) is 13.2 Å². The number of esters is 3. The van der Waals surface area contributed by atoms with Gasteiger partial charge in [0.15, 0.2) is 0 Å². The van der Waals surface area contributed by atoms with Gasteiger partial charge in [0.25, 0.3) is 0 Å². The minimum atomic E-state index is -0.898. The monoisotopic (exact) mass is 482 g/mol. The van der Waals surface area contributed by atoms with Gasteiger partial charge in [0.05, 0.1) is 18.8 Å². The largest absolute Gasteiger partial charge is 0.513 e. The van der Waals surface area contributed by atoms with Gasteiger partial charge >= 0.3 is 24.1 Å². The zero-order valence-corrected chi connectivity index (χ0v) is 19.1. The normalized spacial score (nSPS) is 9.37. The lowest BCUT2D eigenvalue weighted by molar-refractivity contribution is -0.138. The predicted molar refractivity (Wildman–Crippen MR) is 127 cm³/mol. The maximum Gasteiger partial charge on any atom is 0.513 e. The number of hydrogen-bond acceptors (Lipinski definition) is 9. The summed E-state index contributed by atoms with van der Waals surface area (Å²) >= 11 is 0. The van der Waals surface area contributed by atoms with Crippen LogP contribution in [0, 0.1) is 0 Å². The van der Waals surface area contributed by atoms with Gasteiger partial charge in [-0.3, -0.25) is 0 Å². The molecule has 0 unspecified atom stereocenters. The third-order valence-corrected chi connectivity index (χ3v) is 3.88. The molecule has 0 spiro atoms. The van der Waals surface area contributed by atoms with Crippen LogP contribution in [0.3, 0.4) is 0 Å². The standard InChI is InChI=1S/C24H22O9.C2H4/c1-3-21(25)29-15-5-6-16-30-24(28)33-20-9-7-17(8-10-20)23(27)32-19-13-11-18(12-14-19)31-22(26)4-2;1-2/h3-4,7-14H,1-2,5-6,15-16H2;1-2H2. The Morgan fingerprint density at radius 3 is 1.63 bits per heavy atom. The lowest BCUT2D eigenvalue weighted by Crippen LogP contribution is -2.12. The first-order chi connectivity index (χ1) is 16.9. The first kappa shape index (κ1) is 28.4. The molecular formula is C26H26O9. The Balaban J connectivity index is 0.00000298. The lowest BCUT2D eigenvalue weighted by Gasteiger charge is -2.08. The molecule has 0 aromatic heterocycles. The highest BCUT2D eigenvalue weighted by atomic mass is 16.7. The van der Waals surface area contributed by atoms with Crippen molar-refractivity contribution in [2.45, 2.75) is 12.8 Å². The Morgan fingerprint density at radius 1 is 0.629 bits per heavy atom. The predicted octanol–water partition coefficient (Wildman–Crippen LogP) is 4.82. The van der Waals surface area contributed by atoms with Crippen molar-refractivity contribution in [2.24, 2.45) is 0 Å². The molecule has 2 aromatic carbocycles. The third-order valence-electron chi connectivity index (χ3n) is 3.88. The lowest BCUT2D eigenvalue weighted by atomic mass is 10.2. The molecule has 0 amide bonds. The van der Waals surface area contributed by atoms with E-state index in [2.05, 4.69) is 26.3 Å². The van der Waals surface area contributed by atoms with E-state index in [1.165, 1.54) is 48.5 Å². The molecule has 0 radical (unpaired) electrons. The minimum absolute atomic E-state index is 0.0977. The number of carbonyl (C=O) groups is 4. The van der Waals surface area contributed by atoms with Crippen LogP contribution in [-0.2, 0) is 19.1 Å². The van der Waals surface area contributed by atoms with Crippen molar-refractivity contribution in [3.05, 3.63) is 92.6 Å². The van der Waals surface area contributed by atoms with Crippen LogP contribution in [0.15, 0.2) is 87.0 Å². The van der Waals surface area contributed by atoms with Crippen LogP contribution >= 0.6 is 0 Å². The van der Waals surface area contributed by atoms with Gasteiger partial charge in [-0.05, 0) is 61.4 Å². The summed E-state index contributed by atoms with van der Waals surface area (Å²) in [5.41, 5.74) is 0.229. The number of benzene rings is 2. The molecule has 0 aliphatic heterocycles. The van der Waals surface area contributed by atoms with E-state index >= 15 is 0 Å². The minimum Gasteiger partial charge on any atom is -0.463 e. The average molecular weight is 482 g/mol. The van der Waals surface area contributed by atoms with E-state index in [9.17, 15) is 19.2 Å². The first-order valence-corrected chi connectivity index (χ1v) is 10.3. The fraction of sp³-hybridized carbons (Fsp3) is 0.154. The summed E-state index contributed by atoms with van der Waals surface area (Å²) in [7, 11) is 0. The molecule has 9 nitrogen and oxygen atoms in total. The topological polar surface area (TPSA) is 114 Å². The fourth-order valence-electron chi connectivity index (χ4n) is 2.28. The number of unbranched alkanes of at least 4 members (excludes halogenated alkanes) is 1. The number of rotatable bonds is 11. The number of ether oxygens (including phenoxy) is 5. The van der Waals surface area contributed by atoms with E-state index in [1.54, 1.807) is 0 Å². The van der Waals surface area contributed by atoms with Gasteiger partial charge in [0.1, 0.15) is 17.2 Å². The summed E-state index contributed by atoms with van der Waals surface area (Å²) in [6.45, 7) is 12.9. The van der Waals surface area contributed by atoms with Gasteiger partial charge in [-0.25, -0.2) is 19.2 Å². The Labute approximate surface area is 203 Å². The molecule has 0 saturated carbocycles. The molecule has 0 N–H and O–H groups in total. The highest BCUT2D eigenvalue weighted by Gasteiger charge is 2.11. The van der Waals surface area contributed by atoms with Crippen molar-refractivity contribution in [2.75, 3.05) is 13.2 Å². The maximum atomic E-state index is 12.3. The van der Waals surface area contributed by atoms with E-state index in [0.29, 0.717) is 12.8 Å². The molecule has 2 rings (SSSR count). The van der Waals surface area contributed by atoms with E-state index in [4.69, 9.17) is 23.7 Å². The first-order valence-electron chi connectivity index (χ1n) is 10.3. The molecule has 0 heterocycles. The number of hydrogen-bond donors (Lipinski definition) is 0. The maximum absolute atomic E-state index is 12.3. The Kier molecular flexibility index (Phi) is 13.0. The van der Waals surface area contributed by atoms with Crippen molar-refractivity contribution < 1.29 is 42.9 Å². The van der Waals surface area contributed by atoms with Crippen LogP contribution in [0.2, 0.25) is 0 Å². The smallest absolute Gasteiger partial charge is 0.463 e. The summed E-state index contributed by atoms with van der Waals surface area (Å²) in [4.78, 5) is 46.0. The SMILES string of the molecule is C=C.C=CC(=O)OCCCCOC(=O)Oc1ccc(C(=O)Oc2ccc(OC(=O)C=C)cc2)cc1. The van der Waals surface area contributed by atoms with E-state index in [0.717, 1.165) is 12.2 Å². The van der Waals surface area contributed by atoms with Crippen LogP contribution in [0.1, 0.15) is 23.2 Å². The summed E-state index contributed by atoms with van der Waals surface area (Å²) in [6, 6.07) is 11.6. The van der Waals surface area contributed by atoms with Crippen molar-refractivity contribution >= 4 is 24.1 Å². The molecule has 9 heteroatoms. The molecule has 0 saturated heterocycles. The quantitative estimate of drug-likeness (QED) is 0.111. The van der Waals surface area contributed by atoms with Crippen LogP contribution in [0.5, 0.6) is 17.2 Å². The van der Waals surface area contributed by atoms with Crippen LogP contribution < -0.4 is 14.2 Å². The summed E-state index contributed by atoms with van der Waals surface area (Å²) < 4.78 is 24.9. The average Bonchev–Trinajstić information content (AvgIpc) is 2.88. The molecule has 35 heavy (non-hydrogen) atoms. The molecule has 0 fully saturated rings. The van der Waals surface area contributed by atoms with Gasteiger partial charge in [-0.1, -0.05) is 13.2 Å². The van der Waals surface area contributed by atoms with Crippen molar-refractivity contribution in [1.29, 1.82) is 0 Å². The second kappa shape index (κ2) is 16.0. The van der Waals surface area contributed by atoms with Gasteiger partial charge < -0.3 is 23.7 Å². The molecule has 0 aliphatic carbocycles. The van der Waals surface area contributed by atoms with Crippen molar-refractivity contribution in [3.8, 4) is 17.2 Å². The third kappa shape index (κ3) is 11.2. The van der Waals surface area contributed by atoms with E-state index < -0.39 is 24.1 Å². The van der Waals surface area contributed by atoms with Gasteiger partial charge in [0.2, 0.25) is 0 Å². The molecule has 0 bridgehead atoms. The highest BCUT2D eigenvalue weighted by Crippen LogP contribution is 2.20. The van der Waals surface area contributed by atoms with Crippen molar-refractivity contribution in [3.63, 3.8) is 0 Å². The molecular weight excluding hydrogens is 456 g/mol.